The van der Waals surface area contributed by atoms with Crippen molar-refractivity contribution < 1.29 is 19.2 Å². The fourth-order valence-corrected chi connectivity index (χ4v) is 2.78. The molecule has 0 unspecified atom stereocenters. The van der Waals surface area contributed by atoms with Gasteiger partial charge in [0.05, 0.1) is 17.5 Å². The Morgan fingerprint density at radius 2 is 2.18 bits per heavy atom. The third kappa shape index (κ3) is 3.10. The molecular formula is C13H12Cl2N2O5. The van der Waals surface area contributed by atoms with Crippen molar-refractivity contribution in [3.05, 3.63) is 49.3 Å². The summed E-state index contributed by atoms with van der Waals surface area (Å²) in [5.41, 5.74) is 5.96. The van der Waals surface area contributed by atoms with Gasteiger partial charge in [-0.15, -0.1) is 0 Å². The summed E-state index contributed by atoms with van der Waals surface area (Å²) < 4.78 is 10.2. The molecule has 0 aliphatic carbocycles. The Balaban J connectivity index is 2.59. The van der Waals surface area contributed by atoms with Crippen LogP contribution in [0.15, 0.2) is 23.6 Å². The molecule has 0 spiro atoms. The first kappa shape index (κ1) is 16.4. The van der Waals surface area contributed by atoms with Crippen molar-refractivity contribution >= 4 is 29.2 Å². The minimum Gasteiger partial charge on any atom is -0.462 e. The van der Waals surface area contributed by atoms with E-state index < -0.39 is 23.4 Å². The van der Waals surface area contributed by atoms with E-state index in [2.05, 4.69) is 0 Å². The van der Waals surface area contributed by atoms with Crippen molar-refractivity contribution in [2.75, 3.05) is 13.2 Å². The number of carbonyl (C=O) groups excluding carboxylic acids is 1. The number of rotatable bonds is 4. The number of nitrogens with two attached hydrogens (primary N) is 1. The third-order valence-electron chi connectivity index (χ3n) is 3.07. The Hall–Kier alpha value is -1.99. The molecule has 118 valence electrons. The molecule has 2 N–H and O–H groups in total. The summed E-state index contributed by atoms with van der Waals surface area (Å²) in [6.45, 7) is 1.15. The Morgan fingerprint density at radius 3 is 2.77 bits per heavy atom. The molecule has 1 aliphatic heterocycles. The van der Waals surface area contributed by atoms with E-state index in [0.717, 1.165) is 0 Å². The average molecular weight is 347 g/mol. The van der Waals surface area contributed by atoms with Crippen LogP contribution in [0.3, 0.4) is 0 Å². The van der Waals surface area contributed by atoms with Crippen molar-refractivity contribution in [3.8, 4) is 5.75 Å². The molecular weight excluding hydrogens is 335 g/mol. The summed E-state index contributed by atoms with van der Waals surface area (Å²) in [5, 5.41) is 11.4. The van der Waals surface area contributed by atoms with Gasteiger partial charge in [0.1, 0.15) is 5.57 Å². The molecule has 22 heavy (non-hydrogen) atoms. The van der Waals surface area contributed by atoms with Crippen LogP contribution in [0.25, 0.3) is 0 Å². The smallest absolute Gasteiger partial charge is 0.340 e. The highest BCUT2D eigenvalue weighted by atomic mass is 35.5. The molecule has 1 heterocycles. The SMILES string of the molecule is CCOC(=O)C1=C(N)Oc2c(Cl)cc(Cl)cc2[C@H]1C[N+](=O)[O-]. The predicted molar refractivity (Wildman–Crippen MR) is 79.5 cm³/mol. The summed E-state index contributed by atoms with van der Waals surface area (Å²) in [5.74, 6) is -1.83. The normalized spacial score (nSPS) is 16.8. The van der Waals surface area contributed by atoms with E-state index in [9.17, 15) is 14.9 Å². The van der Waals surface area contributed by atoms with Crippen LogP contribution in [-0.4, -0.2) is 24.0 Å². The van der Waals surface area contributed by atoms with Crippen molar-refractivity contribution in [3.63, 3.8) is 0 Å². The number of fused-ring (bicyclic) bond motifs is 1. The highest BCUT2D eigenvalue weighted by Gasteiger charge is 2.38. The van der Waals surface area contributed by atoms with Gasteiger partial charge in [-0.05, 0) is 19.1 Å². The molecule has 7 nitrogen and oxygen atoms in total. The van der Waals surface area contributed by atoms with E-state index in [-0.39, 0.29) is 33.9 Å². The molecule has 0 saturated carbocycles. The zero-order valence-corrected chi connectivity index (χ0v) is 13.0. The highest BCUT2D eigenvalue weighted by molar-refractivity contribution is 6.35. The lowest BCUT2D eigenvalue weighted by molar-refractivity contribution is -0.482. The predicted octanol–water partition coefficient (Wildman–Crippen LogP) is 2.48. The second-order valence-corrected chi connectivity index (χ2v) is 5.32. The lowest BCUT2D eigenvalue weighted by Crippen LogP contribution is -2.30. The number of nitro groups is 1. The van der Waals surface area contributed by atoms with E-state index in [1.165, 1.54) is 12.1 Å². The van der Waals surface area contributed by atoms with Gasteiger partial charge in [0.15, 0.2) is 5.75 Å². The van der Waals surface area contributed by atoms with Crippen molar-refractivity contribution in [1.82, 2.24) is 0 Å². The molecule has 2 rings (SSSR count). The van der Waals surface area contributed by atoms with Crippen molar-refractivity contribution in [2.24, 2.45) is 5.73 Å². The quantitative estimate of drug-likeness (QED) is 0.510. The van der Waals surface area contributed by atoms with E-state index in [0.29, 0.717) is 5.56 Å². The second-order valence-electron chi connectivity index (χ2n) is 4.47. The summed E-state index contributed by atoms with van der Waals surface area (Å²) >= 11 is 12.0. The van der Waals surface area contributed by atoms with E-state index >= 15 is 0 Å². The van der Waals surface area contributed by atoms with Gasteiger partial charge in [0.2, 0.25) is 12.4 Å². The van der Waals surface area contributed by atoms with Gasteiger partial charge in [-0.1, -0.05) is 23.2 Å². The molecule has 0 amide bonds. The molecule has 0 bridgehead atoms. The molecule has 0 aromatic heterocycles. The van der Waals surface area contributed by atoms with Crippen molar-refractivity contribution in [2.45, 2.75) is 12.8 Å². The first-order valence-corrected chi connectivity index (χ1v) is 7.06. The van der Waals surface area contributed by atoms with Gasteiger partial charge in [0.25, 0.3) is 0 Å². The van der Waals surface area contributed by atoms with Gasteiger partial charge in [-0.2, -0.15) is 0 Å². The van der Waals surface area contributed by atoms with Crippen LogP contribution in [-0.2, 0) is 9.53 Å². The fourth-order valence-electron chi connectivity index (χ4n) is 2.23. The molecule has 1 aliphatic rings. The zero-order valence-electron chi connectivity index (χ0n) is 11.5. The van der Waals surface area contributed by atoms with Gasteiger partial charge in [-0.25, -0.2) is 4.79 Å². The minimum absolute atomic E-state index is 0.101. The maximum absolute atomic E-state index is 12.1. The van der Waals surface area contributed by atoms with Gasteiger partial charge < -0.3 is 15.2 Å². The summed E-state index contributed by atoms with van der Waals surface area (Å²) in [4.78, 5) is 22.5. The lowest BCUT2D eigenvalue weighted by atomic mass is 9.88. The standard InChI is InChI=1S/C13H12Cl2N2O5/c1-2-21-13(18)10-8(5-17(19)20)7-3-6(14)4-9(15)11(7)22-12(10)16/h3-4,8H,2,5,16H2,1H3/t8-/m1/s1. The lowest BCUT2D eigenvalue weighted by Gasteiger charge is -2.26. The van der Waals surface area contributed by atoms with Crippen LogP contribution in [0.2, 0.25) is 10.0 Å². The number of ether oxygens (including phenoxy) is 2. The molecule has 0 radical (unpaired) electrons. The van der Waals surface area contributed by atoms with E-state index in [4.69, 9.17) is 38.4 Å². The monoisotopic (exact) mass is 346 g/mol. The Labute approximate surface area is 135 Å². The Kier molecular flexibility index (Phi) is 4.77. The largest absolute Gasteiger partial charge is 0.462 e. The molecule has 0 fully saturated rings. The van der Waals surface area contributed by atoms with Crippen LogP contribution in [0.4, 0.5) is 0 Å². The van der Waals surface area contributed by atoms with Gasteiger partial charge >= 0.3 is 5.97 Å². The number of benzene rings is 1. The fraction of sp³-hybridized carbons (Fsp3) is 0.308. The molecule has 9 heteroatoms. The minimum atomic E-state index is -0.950. The Bertz CT molecular complexity index is 675. The average Bonchev–Trinajstić information content (AvgIpc) is 2.40. The summed E-state index contributed by atoms with van der Waals surface area (Å²) in [7, 11) is 0. The summed E-state index contributed by atoms with van der Waals surface area (Å²) in [6, 6.07) is 2.89. The maximum atomic E-state index is 12.1. The van der Waals surface area contributed by atoms with Crippen LogP contribution >= 0.6 is 23.2 Å². The molecule has 1 aromatic carbocycles. The molecule has 1 atom stereocenters. The second kappa shape index (κ2) is 6.41. The van der Waals surface area contributed by atoms with Gasteiger partial charge in [-0.3, -0.25) is 10.1 Å². The number of hydrogen-bond donors (Lipinski definition) is 1. The number of nitrogens with zero attached hydrogens (tertiary/aromatic N) is 1. The number of carbonyl (C=O) groups is 1. The summed E-state index contributed by atoms with van der Waals surface area (Å²) in [6.07, 6.45) is 0. The topological polar surface area (TPSA) is 105 Å². The van der Waals surface area contributed by atoms with E-state index in [1.807, 2.05) is 0 Å². The Morgan fingerprint density at radius 1 is 1.50 bits per heavy atom. The van der Waals surface area contributed by atoms with Crippen molar-refractivity contribution in [1.29, 1.82) is 0 Å². The molecule has 0 saturated heterocycles. The third-order valence-corrected chi connectivity index (χ3v) is 3.56. The van der Waals surface area contributed by atoms with Crippen LogP contribution in [0, 0.1) is 10.1 Å². The van der Waals surface area contributed by atoms with Crippen LogP contribution < -0.4 is 10.5 Å². The zero-order chi connectivity index (χ0) is 16.4. The first-order chi connectivity index (χ1) is 10.3. The highest BCUT2D eigenvalue weighted by Crippen LogP contribution is 2.44. The number of esters is 1. The first-order valence-electron chi connectivity index (χ1n) is 6.30. The number of hydrogen-bond acceptors (Lipinski definition) is 6. The maximum Gasteiger partial charge on any atom is 0.340 e. The van der Waals surface area contributed by atoms with Crippen LogP contribution in [0.1, 0.15) is 18.4 Å². The molecule has 1 aromatic rings. The van der Waals surface area contributed by atoms with Gasteiger partial charge in [0, 0.05) is 15.5 Å². The van der Waals surface area contributed by atoms with E-state index in [1.54, 1.807) is 6.92 Å². The van der Waals surface area contributed by atoms with Crippen LogP contribution in [0.5, 0.6) is 5.75 Å². The number of halogens is 2.